The van der Waals surface area contributed by atoms with Crippen LogP contribution in [0.5, 0.6) is 0 Å². The number of β-amino-alcohol motifs (C(OH)–C–C–N with tert-alkyl or cyclic N) is 1. The number of hydrogen-bond acceptors (Lipinski definition) is 4. The third-order valence-corrected chi connectivity index (χ3v) is 4.94. The molecular formula is C19H21FN4O. The van der Waals surface area contributed by atoms with Crippen LogP contribution in [0.4, 0.5) is 4.39 Å². The van der Waals surface area contributed by atoms with Gasteiger partial charge in [-0.1, -0.05) is 12.1 Å². The molecule has 1 aliphatic heterocycles. The summed E-state index contributed by atoms with van der Waals surface area (Å²) in [6.07, 6.45) is 2.16. The summed E-state index contributed by atoms with van der Waals surface area (Å²) in [6, 6.07) is 8.77. The second-order valence-corrected chi connectivity index (χ2v) is 6.81. The predicted molar refractivity (Wildman–Crippen MR) is 93.4 cm³/mol. The number of aromatic nitrogens is 3. The Morgan fingerprint density at radius 2 is 2.04 bits per heavy atom. The van der Waals surface area contributed by atoms with Crippen molar-refractivity contribution in [3.05, 3.63) is 59.2 Å². The molecule has 0 radical (unpaired) electrons. The molecule has 3 heterocycles. The van der Waals surface area contributed by atoms with Crippen molar-refractivity contribution in [1.82, 2.24) is 19.7 Å². The van der Waals surface area contributed by atoms with Crippen LogP contribution in [-0.2, 0) is 13.6 Å². The molecule has 1 N–H and O–H groups in total. The Hall–Kier alpha value is -2.31. The number of fused-ring (bicyclic) bond motifs is 1. The number of nitrogens with zero attached hydrogens (tertiary/aromatic N) is 4. The summed E-state index contributed by atoms with van der Waals surface area (Å²) in [6.45, 7) is 3.28. The fourth-order valence-electron chi connectivity index (χ4n) is 3.76. The van der Waals surface area contributed by atoms with Gasteiger partial charge >= 0.3 is 0 Å². The SMILES string of the molecule is Cc1nn(C)c2ncc(CN3C[C@@H](O)C[C@H]3c3ccc(F)cc3)cc12. The molecule has 1 saturated heterocycles. The maximum absolute atomic E-state index is 13.2. The topological polar surface area (TPSA) is 54.2 Å². The highest BCUT2D eigenvalue weighted by Crippen LogP contribution is 2.33. The number of halogens is 1. The van der Waals surface area contributed by atoms with Crippen molar-refractivity contribution in [2.45, 2.75) is 32.0 Å². The quantitative estimate of drug-likeness (QED) is 0.796. The average molecular weight is 340 g/mol. The lowest BCUT2D eigenvalue weighted by atomic mass is 10.0. The van der Waals surface area contributed by atoms with Crippen molar-refractivity contribution in [1.29, 1.82) is 0 Å². The van der Waals surface area contributed by atoms with Crippen molar-refractivity contribution in [3.8, 4) is 0 Å². The molecule has 4 rings (SSSR count). The molecule has 0 aliphatic carbocycles. The van der Waals surface area contributed by atoms with Gasteiger partial charge in [0.15, 0.2) is 5.65 Å². The Kier molecular flexibility index (Phi) is 4.01. The van der Waals surface area contributed by atoms with E-state index in [1.807, 2.05) is 20.2 Å². The van der Waals surface area contributed by atoms with E-state index < -0.39 is 0 Å². The fourth-order valence-corrected chi connectivity index (χ4v) is 3.76. The third-order valence-electron chi connectivity index (χ3n) is 4.94. The molecule has 5 nitrogen and oxygen atoms in total. The lowest BCUT2D eigenvalue weighted by molar-refractivity contribution is 0.172. The maximum atomic E-state index is 13.2. The van der Waals surface area contributed by atoms with Crippen molar-refractivity contribution >= 4 is 11.0 Å². The number of benzene rings is 1. The van der Waals surface area contributed by atoms with E-state index in [1.165, 1.54) is 12.1 Å². The van der Waals surface area contributed by atoms with Crippen LogP contribution < -0.4 is 0 Å². The zero-order chi connectivity index (χ0) is 17.6. The Morgan fingerprint density at radius 1 is 1.28 bits per heavy atom. The summed E-state index contributed by atoms with van der Waals surface area (Å²) >= 11 is 0. The van der Waals surface area contributed by atoms with E-state index in [4.69, 9.17) is 0 Å². The fraction of sp³-hybridized carbons (Fsp3) is 0.368. The summed E-state index contributed by atoms with van der Waals surface area (Å²) < 4.78 is 15.0. The highest BCUT2D eigenvalue weighted by atomic mass is 19.1. The Morgan fingerprint density at radius 3 is 2.80 bits per heavy atom. The number of pyridine rings is 1. The smallest absolute Gasteiger partial charge is 0.157 e. The number of hydrogen-bond donors (Lipinski definition) is 1. The molecule has 0 saturated carbocycles. The van der Waals surface area contributed by atoms with E-state index in [0.717, 1.165) is 27.9 Å². The van der Waals surface area contributed by atoms with E-state index in [-0.39, 0.29) is 18.0 Å². The van der Waals surface area contributed by atoms with Crippen LogP contribution in [0.3, 0.4) is 0 Å². The van der Waals surface area contributed by atoms with Crippen LogP contribution in [-0.4, -0.2) is 37.4 Å². The first-order chi connectivity index (χ1) is 12.0. The normalized spacial score (nSPS) is 21.3. The van der Waals surface area contributed by atoms with Gasteiger partial charge in [-0.25, -0.2) is 9.37 Å². The minimum atomic E-state index is -0.369. The van der Waals surface area contributed by atoms with Gasteiger partial charge in [0.25, 0.3) is 0 Å². The molecule has 2 atom stereocenters. The van der Waals surface area contributed by atoms with Crippen molar-refractivity contribution in [3.63, 3.8) is 0 Å². The zero-order valence-electron chi connectivity index (χ0n) is 14.4. The summed E-state index contributed by atoms with van der Waals surface area (Å²) in [7, 11) is 1.89. The number of aliphatic hydroxyl groups excluding tert-OH is 1. The van der Waals surface area contributed by atoms with Gasteiger partial charge < -0.3 is 5.11 Å². The third kappa shape index (κ3) is 3.03. The van der Waals surface area contributed by atoms with E-state index in [2.05, 4.69) is 21.0 Å². The predicted octanol–water partition coefficient (Wildman–Crippen LogP) is 2.72. The van der Waals surface area contributed by atoms with Crippen molar-refractivity contribution in [2.75, 3.05) is 6.54 Å². The van der Waals surface area contributed by atoms with Crippen molar-refractivity contribution in [2.24, 2.45) is 7.05 Å². The molecule has 1 aromatic carbocycles. The summed E-state index contributed by atoms with van der Waals surface area (Å²) in [5.41, 5.74) is 3.95. The molecule has 1 fully saturated rings. The summed E-state index contributed by atoms with van der Waals surface area (Å²) in [5, 5.41) is 15.6. The van der Waals surface area contributed by atoms with Gasteiger partial charge in [0.05, 0.1) is 11.8 Å². The van der Waals surface area contributed by atoms with Gasteiger partial charge in [-0.05, 0) is 42.7 Å². The summed E-state index contributed by atoms with van der Waals surface area (Å²) in [4.78, 5) is 6.76. The van der Waals surface area contributed by atoms with Gasteiger partial charge in [0.2, 0.25) is 0 Å². The minimum absolute atomic E-state index is 0.0845. The first-order valence-electron chi connectivity index (χ1n) is 8.47. The lowest BCUT2D eigenvalue weighted by Crippen LogP contribution is -2.24. The van der Waals surface area contributed by atoms with Crippen LogP contribution in [0, 0.1) is 12.7 Å². The molecule has 6 heteroatoms. The van der Waals surface area contributed by atoms with E-state index >= 15 is 0 Å². The largest absolute Gasteiger partial charge is 0.392 e. The number of aryl methyl sites for hydroxylation is 2. The van der Waals surface area contributed by atoms with Crippen LogP contribution in [0.15, 0.2) is 36.5 Å². The van der Waals surface area contributed by atoms with Gasteiger partial charge in [-0.3, -0.25) is 9.58 Å². The van der Waals surface area contributed by atoms with Gasteiger partial charge in [-0.15, -0.1) is 0 Å². The first kappa shape index (κ1) is 16.2. The molecule has 25 heavy (non-hydrogen) atoms. The molecule has 1 aliphatic rings. The highest BCUT2D eigenvalue weighted by molar-refractivity contribution is 5.78. The molecule has 2 aromatic heterocycles. The first-order valence-corrected chi connectivity index (χ1v) is 8.47. The van der Waals surface area contributed by atoms with Crippen LogP contribution >= 0.6 is 0 Å². The second-order valence-electron chi connectivity index (χ2n) is 6.81. The second kappa shape index (κ2) is 6.20. The van der Waals surface area contributed by atoms with Crippen molar-refractivity contribution < 1.29 is 9.50 Å². The molecule has 0 spiro atoms. The zero-order valence-corrected chi connectivity index (χ0v) is 14.4. The maximum Gasteiger partial charge on any atom is 0.157 e. The monoisotopic (exact) mass is 340 g/mol. The van der Waals surface area contributed by atoms with Crippen LogP contribution in [0.2, 0.25) is 0 Å². The highest BCUT2D eigenvalue weighted by Gasteiger charge is 2.32. The standard InChI is InChI=1S/C19H21FN4O/c1-12-17-7-13(9-21-19(17)23(2)22-12)10-24-11-16(25)8-18(24)14-3-5-15(20)6-4-14/h3-7,9,16,18,25H,8,10-11H2,1-2H3/t16-,18-/m0/s1. The Bertz CT molecular complexity index is 906. The Balaban J connectivity index is 1.62. The van der Waals surface area contributed by atoms with Crippen LogP contribution in [0.25, 0.3) is 11.0 Å². The molecule has 3 aromatic rings. The molecule has 0 unspecified atom stereocenters. The lowest BCUT2D eigenvalue weighted by Gasteiger charge is -2.24. The van der Waals surface area contributed by atoms with Crippen LogP contribution in [0.1, 0.15) is 29.3 Å². The summed E-state index contributed by atoms with van der Waals surface area (Å²) in [5.74, 6) is -0.240. The van der Waals surface area contributed by atoms with E-state index in [0.29, 0.717) is 19.5 Å². The van der Waals surface area contributed by atoms with Gasteiger partial charge in [0.1, 0.15) is 5.82 Å². The molecule has 130 valence electrons. The van der Waals surface area contributed by atoms with Gasteiger partial charge in [0, 0.05) is 37.8 Å². The van der Waals surface area contributed by atoms with E-state index in [1.54, 1.807) is 16.8 Å². The molecular weight excluding hydrogens is 319 g/mol. The molecule has 0 amide bonds. The number of rotatable bonds is 3. The van der Waals surface area contributed by atoms with E-state index in [9.17, 15) is 9.50 Å². The molecule has 0 bridgehead atoms. The number of aliphatic hydroxyl groups is 1. The minimum Gasteiger partial charge on any atom is -0.392 e. The Labute approximate surface area is 145 Å². The number of likely N-dealkylation sites (tertiary alicyclic amines) is 1. The van der Waals surface area contributed by atoms with Gasteiger partial charge in [-0.2, -0.15) is 5.10 Å². The average Bonchev–Trinajstić information content (AvgIpc) is 3.08.